The van der Waals surface area contributed by atoms with E-state index in [0.717, 1.165) is 48.8 Å². The Morgan fingerprint density at radius 2 is 1.97 bits per heavy atom. The van der Waals surface area contributed by atoms with Crippen LogP contribution in [0.4, 0.5) is 11.4 Å². The zero-order chi connectivity index (χ0) is 20.3. The Balaban J connectivity index is 1.33. The largest absolute Gasteiger partial charge is 0.381 e. The summed E-state index contributed by atoms with van der Waals surface area (Å²) in [5, 5.41) is 12.1. The second kappa shape index (κ2) is 8.26. The van der Waals surface area contributed by atoms with Crippen molar-refractivity contribution in [2.75, 3.05) is 29.4 Å². The average Bonchev–Trinajstić information content (AvgIpc) is 3.31. The van der Waals surface area contributed by atoms with Gasteiger partial charge in [-0.2, -0.15) is 0 Å². The molecule has 1 saturated heterocycles. The van der Waals surface area contributed by atoms with Gasteiger partial charge in [0, 0.05) is 53.0 Å². The Kier molecular flexibility index (Phi) is 5.55. The Morgan fingerprint density at radius 3 is 2.76 bits per heavy atom. The summed E-state index contributed by atoms with van der Waals surface area (Å²) in [6.07, 6.45) is 4.65. The van der Waals surface area contributed by atoms with Crippen molar-refractivity contribution >= 4 is 27.0 Å². The fourth-order valence-corrected chi connectivity index (χ4v) is 4.18. The van der Waals surface area contributed by atoms with Crippen LogP contribution in [0.3, 0.4) is 0 Å². The van der Waals surface area contributed by atoms with Crippen molar-refractivity contribution in [2.45, 2.75) is 19.0 Å². The summed E-state index contributed by atoms with van der Waals surface area (Å²) in [6, 6.07) is 18.2. The molecule has 152 valence electrons. The van der Waals surface area contributed by atoms with E-state index in [1.807, 2.05) is 65.5 Å². The summed E-state index contributed by atoms with van der Waals surface area (Å²) >= 11 is 0. The third-order valence-electron chi connectivity index (χ3n) is 4.79. The van der Waals surface area contributed by atoms with Gasteiger partial charge in [-0.1, -0.05) is 29.5 Å². The number of para-hydroxylation sites is 1. The maximum Gasteiger partial charge on any atom is 0.0971 e. The number of rotatable bonds is 7. The number of likely N-dealkylation sites (tertiary alicyclic amines) is 1. The zero-order valence-corrected chi connectivity index (χ0v) is 17.3. The minimum absolute atomic E-state index is 0.361. The van der Waals surface area contributed by atoms with Crippen LogP contribution in [-0.2, 0) is 16.3 Å². The summed E-state index contributed by atoms with van der Waals surface area (Å²) in [4.78, 5) is 2.38. The smallest absolute Gasteiger partial charge is 0.0971 e. The van der Waals surface area contributed by atoms with Gasteiger partial charge in [-0.3, -0.25) is 4.90 Å². The van der Waals surface area contributed by atoms with Gasteiger partial charge in [0.05, 0.1) is 17.6 Å². The topological polar surface area (TPSA) is 75.1 Å². The molecular weight excluding hydrogens is 384 g/mol. The van der Waals surface area contributed by atoms with Crippen molar-refractivity contribution in [3.63, 3.8) is 0 Å². The highest BCUT2D eigenvalue weighted by Gasteiger charge is 2.23. The van der Waals surface area contributed by atoms with E-state index in [2.05, 4.69) is 31.1 Å². The first-order chi connectivity index (χ1) is 13.9. The van der Waals surface area contributed by atoms with Crippen LogP contribution < -0.4 is 10.0 Å². The number of hydrogen-bond donors (Lipinski definition) is 2. The number of nitrogens with zero attached hydrogens (tertiary/aromatic N) is 4. The van der Waals surface area contributed by atoms with Crippen molar-refractivity contribution in [1.29, 1.82) is 0 Å². The van der Waals surface area contributed by atoms with Gasteiger partial charge in [-0.15, -0.1) is 5.10 Å². The Morgan fingerprint density at radius 1 is 1.17 bits per heavy atom. The van der Waals surface area contributed by atoms with Crippen LogP contribution in [-0.4, -0.2) is 55.4 Å². The molecule has 3 aromatic rings. The molecule has 1 fully saturated rings. The fraction of sp³-hybridized carbons (Fsp3) is 0.286. The summed E-state index contributed by atoms with van der Waals surface area (Å²) in [7, 11) is -2.28. The molecule has 0 bridgehead atoms. The van der Waals surface area contributed by atoms with E-state index in [0.29, 0.717) is 6.04 Å². The molecule has 0 spiro atoms. The molecule has 2 N–H and O–H groups in total. The third-order valence-corrected chi connectivity index (χ3v) is 5.45. The molecule has 0 amide bonds. The average molecular weight is 411 g/mol. The molecule has 1 aliphatic heterocycles. The van der Waals surface area contributed by atoms with E-state index >= 15 is 0 Å². The highest BCUT2D eigenvalue weighted by molar-refractivity contribution is 8.00. The first kappa shape index (κ1) is 19.5. The van der Waals surface area contributed by atoms with Gasteiger partial charge in [-0.25, -0.2) is 8.89 Å². The summed E-state index contributed by atoms with van der Waals surface area (Å²) in [5.41, 5.74) is 3.80. The predicted octanol–water partition coefficient (Wildman–Crippen LogP) is 2.63. The molecule has 0 aliphatic carbocycles. The normalized spacial score (nSPS) is 19.0. The van der Waals surface area contributed by atoms with Gasteiger partial charge in [0.2, 0.25) is 0 Å². The first-order valence-electron chi connectivity index (χ1n) is 9.60. The maximum absolute atomic E-state index is 11.9. The van der Waals surface area contributed by atoms with Gasteiger partial charge < -0.3 is 10.0 Å². The van der Waals surface area contributed by atoms with Gasteiger partial charge in [0.15, 0.2) is 0 Å². The van der Waals surface area contributed by atoms with Gasteiger partial charge >= 0.3 is 0 Å². The zero-order valence-electron chi connectivity index (χ0n) is 16.5. The molecule has 2 atom stereocenters. The molecule has 7 nitrogen and oxygen atoms in total. The fourth-order valence-electron chi connectivity index (χ4n) is 3.56. The van der Waals surface area contributed by atoms with Crippen LogP contribution in [0.25, 0.3) is 5.69 Å². The highest BCUT2D eigenvalue weighted by atomic mass is 32.2. The van der Waals surface area contributed by atoms with Crippen LogP contribution in [0.1, 0.15) is 12.1 Å². The molecule has 0 radical (unpaired) electrons. The molecule has 8 heteroatoms. The van der Waals surface area contributed by atoms with Crippen LogP contribution in [0, 0.1) is 0 Å². The van der Waals surface area contributed by atoms with E-state index in [-0.39, 0.29) is 0 Å². The lowest BCUT2D eigenvalue weighted by molar-refractivity contribution is 0.324. The molecule has 2 heterocycles. The number of benzene rings is 2. The van der Waals surface area contributed by atoms with E-state index in [4.69, 9.17) is 0 Å². The summed E-state index contributed by atoms with van der Waals surface area (Å²) in [5.74, 6) is 3.65. The lowest BCUT2D eigenvalue weighted by Crippen LogP contribution is -2.26. The van der Waals surface area contributed by atoms with Crippen molar-refractivity contribution in [1.82, 2.24) is 19.9 Å². The lowest BCUT2D eigenvalue weighted by atomic mass is 10.2. The Bertz CT molecular complexity index is 1060. The SMILES string of the molecule is C=S(C)(=O)Nc1cccc(NC2CCN(Cc3cn(-c4ccccc4)nn3)C2)c1. The Labute approximate surface area is 171 Å². The number of aromatic nitrogens is 3. The van der Waals surface area contributed by atoms with Gasteiger partial charge in [0.25, 0.3) is 0 Å². The molecule has 4 rings (SSSR count). The minimum atomic E-state index is -2.28. The van der Waals surface area contributed by atoms with Crippen molar-refractivity contribution in [2.24, 2.45) is 0 Å². The number of anilines is 2. The summed E-state index contributed by atoms with van der Waals surface area (Å²) < 4.78 is 16.6. The van der Waals surface area contributed by atoms with Crippen LogP contribution in [0.15, 0.2) is 60.8 Å². The first-order valence-corrected chi connectivity index (χ1v) is 11.7. The molecule has 0 saturated carbocycles. The predicted molar refractivity (Wildman–Crippen MR) is 120 cm³/mol. The van der Waals surface area contributed by atoms with Crippen molar-refractivity contribution in [3.8, 4) is 5.69 Å². The standard InChI is InChI=1S/C21H26N6OS/c1-29(2,28)24-18-8-6-7-17(13-18)22-19-11-12-26(14-19)15-20-16-27(25-23-20)21-9-4-3-5-10-21/h3-10,13,16,19,22H,1,11-12,14-15H2,2H3,(H,24,28). The van der Waals surface area contributed by atoms with Crippen LogP contribution >= 0.6 is 0 Å². The molecule has 2 aromatic carbocycles. The van der Waals surface area contributed by atoms with E-state index in [9.17, 15) is 4.21 Å². The van der Waals surface area contributed by atoms with Gasteiger partial charge in [0.1, 0.15) is 0 Å². The Hall–Kier alpha value is -2.84. The molecule has 1 aromatic heterocycles. The maximum atomic E-state index is 11.9. The third kappa shape index (κ3) is 5.36. The second-order valence-corrected chi connectivity index (χ2v) is 9.76. The van der Waals surface area contributed by atoms with E-state index in [1.165, 1.54) is 0 Å². The number of nitrogens with one attached hydrogen (secondary N) is 2. The molecule has 2 unspecified atom stereocenters. The van der Waals surface area contributed by atoms with Crippen molar-refractivity contribution in [3.05, 3.63) is 66.5 Å². The quantitative estimate of drug-likeness (QED) is 0.586. The van der Waals surface area contributed by atoms with E-state index < -0.39 is 9.71 Å². The van der Waals surface area contributed by atoms with Crippen LogP contribution in [0.5, 0.6) is 0 Å². The van der Waals surface area contributed by atoms with Crippen molar-refractivity contribution < 1.29 is 4.21 Å². The summed E-state index contributed by atoms with van der Waals surface area (Å²) in [6.45, 7) is 2.73. The number of hydrogen-bond acceptors (Lipinski definition) is 5. The molecular formula is C21H26N6OS. The monoisotopic (exact) mass is 410 g/mol. The van der Waals surface area contributed by atoms with Crippen LogP contribution in [0.2, 0.25) is 0 Å². The van der Waals surface area contributed by atoms with E-state index in [1.54, 1.807) is 6.26 Å². The molecule has 1 aliphatic rings. The lowest BCUT2D eigenvalue weighted by Gasteiger charge is -2.17. The molecule has 29 heavy (non-hydrogen) atoms. The second-order valence-electron chi connectivity index (χ2n) is 7.54. The highest BCUT2D eigenvalue weighted by Crippen LogP contribution is 2.21. The minimum Gasteiger partial charge on any atom is -0.381 e. The van der Waals surface area contributed by atoms with Gasteiger partial charge in [-0.05, 0) is 42.6 Å².